The SMILES string of the molecule is COc1ccc2c(c1)S(=O)(NC(=O)Nc1c3c(cc4c1CCC4)CCC3)=NC2=O. The highest BCUT2D eigenvalue weighted by Crippen LogP contribution is 2.38. The van der Waals surface area contributed by atoms with E-state index in [1.165, 1.54) is 41.5 Å². The van der Waals surface area contributed by atoms with Gasteiger partial charge in [-0.1, -0.05) is 6.07 Å². The predicted molar refractivity (Wildman–Crippen MR) is 109 cm³/mol. The van der Waals surface area contributed by atoms with Gasteiger partial charge in [0.1, 0.15) is 5.75 Å². The van der Waals surface area contributed by atoms with E-state index >= 15 is 0 Å². The summed E-state index contributed by atoms with van der Waals surface area (Å²) in [5.74, 6) is -0.156. The number of hydrogen-bond donors (Lipinski definition) is 2. The van der Waals surface area contributed by atoms with Crippen molar-refractivity contribution >= 4 is 27.5 Å². The molecule has 3 aliphatic rings. The molecule has 8 heteroatoms. The quantitative estimate of drug-likeness (QED) is 0.809. The number of benzene rings is 2. The van der Waals surface area contributed by atoms with Crippen molar-refractivity contribution in [2.45, 2.75) is 43.4 Å². The Morgan fingerprint density at radius 3 is 2.41 bits per heavy atom. The number of nitrogens with one attached hydrogen (secondary N) is 2. The number of hydrogen-bond acceptors (Lipinski definition) is 4. The monoisotopic (exact) mass is 411 g/mol. The number of urea groups is 1. The minimum Gasteiger partial charge on any atom is -0.497 e. The summed E-state index contributed by atoms with van der Waals surface area (Å²) in [6.45, 7) is 0. The number of carbonyl (C=O) groups is 2. The number of aryl methyl sites for hydroxylation is 2. The fourth-order valence-corrected chi connectivity index (χ4v) is 6.18. The molecule has 0 aromatic heterocycles. The molecule has 0 fully saturated rings. The van der Waals surface area contributed by atoms with Crippen molar-refractivity contribution in [2.75, 3.05) is 12.4 Å². The van der Waals surface area contributed by atoms with Gasteiger partial charge in [-0.15, -0.1) is 4.36 Å². The lowest BCUT2D eigenvalue weighted by molar-refractivity contribution is 0.101. The predicted octanol–water partition coefficient (Wildman–Crippen LogP) is 3.39. The molecule has 3 amide bonds. The van der Waals surface area contributed by atoms with E-state index in [4.69, 9.17) is 4.74 Å². The van der Waals surface area contributed by atoms with Gasteiger partial charge in [0.05, 0.1) is 17.6 Å². The number of methoxy groups -OCH3 is 1. The van der Waals surface area contributed by atoms with Crippen LogP contribution < -0.4 is 14.8 Å². The molecule has 2 aromatic rings. The molecule has 29 heavy (non-hydrogen) atoms. The van der Waals surface area contributed by atoms with E-state index in [0.717, 1.165) is 44.2 Å². The van der Waals surface area contributed by atoms with Crippen LogP contribution in [0.3, 0.4) is 0 Å². The summed E-state index contributed by atoms with van der Waals surface area (Å²) < 4.78 is 24.7. The number of rotatable bonds is 3. The largest absolute Gasteiger partial charge is 0.497 e. The van der Waals surface area contributed by atoms with Crippen LogP contribution in [0.15, 0.2) is 33.5 Å². The normalized spacial score (nSPS) is 21.2. The summed E-state index contributed by atoms with van der Waals surface area (Å²) in [4.78, 5) is 25.2. The topological polar surface area (TPSA) is 96.9 Å². The van der Waals surface area contributed by atoms with Gasteiger partial charge in [0, 0.05) is 5.69 Å². The zero-order chi connectivity index (χ0) is 20.2. The zero-order valence-electron chi connectivity index (χ0n) is 16.0. The van der Waals surface area contributed by atoms with Crippen LogP contribution in [0.5, 0.6) is 5.75 Å². The third-order valence-corrected chi connectivity index (χ3v) is 7.69. The van der Waals surface area contributed by atoms with Crippen LogP contribution in [0.2, 0.25) is 0 Å². The van der Waals surface area contributed by atoms with Crippen molar-refractivity contribution in [3.05, 3.63) is 52.1 Å². The van der Waals surface area contributed by atoms with Gasteiger partial charge in [0.2, 0.25) is 0 Å². The Hall–Kier alpha value is -2.87. The van der Waals surface area contributed by atoms with Gasteiger partial charge < -0.3 is 10.1 Å². The Morgan fingerprint density at radius 1 is 1.07 bits per heavy atom. The molecule has 0 radical (unpaired) electrons. The highest BCUT2D eigenvalue weighted by Gasteiger charge is 2.32. The summed E-state index contributed by atoms with van der Waals surface area (Å²) in [7, 11) is -1.93. The lowest BCUT2D eigenvalue weighted by Gasteiger charge is -2.17. The van der Waals surface area contributed by atoms with Crippen molar-refractivity contribution in [3.63, 3.8) is 0 Å². The summed E-state index contributed by atoms with van der Waals surface area (Å²) in [5.41, 5.74) is 6.01. The van der Waals surface area contributed by atoms with Gasteiger partial charge in [-0.2, -0.15) is 0 Å². The maximum Gasteiger partial charge on any atom is 0.331 e. The maximum absolute atomic E-state index is 13.3. The standard InChI is InChI=1S/C21H21N3O4S/c1-28-14-8-9-17-18(11-14)29(27,23-20(17)25)24-21(26)22-19-15-6-2-4-12(15)10-13-5-3-7-16(13)19/h8-11H,2-7H2,1H3,(H2,22,23,24,25,26,27). The second kappa shape index (κ2) is 6.59. The molecule has 2 N–H and O–H groups in total. The molecular weight excluding hydrogens is 390 g/mol. The van der Waals surface area contributed by atoms with Gasteiger partial charge >= 0.3 is 6.03 Å². The van der Waals surface area contributed by atoms with Crippen LogP contribution in [0.4, 0.5) is 10.5 Å². The summed E-state index contributed by atoms with van der Waals surface area (Å²) in [6, 6.07) is 6.28. The van der Waals surface area contributed by atoms with Crippen molar-refractivity contribution in [2.24, 2.45) is 4.36 Å². The van der Waals surface area contributed by atoms with E-state index in [-0.39, 0.29) is 10.5 Å². The minimum absolute atomic E-state index is 0.181. The Bertz CT molecular complexity index is 1160. The molecule has 1 atom stereocenters. The lowest BCUT2D eigenvalue weighted by Crippen LogP contribution is -2.34. The highest BCUT2D eigenvalue weighted by atomic mass is 32.2. The summed E-state index contributed by atoms with van der Waals surface area (Å²) in [6.07, 6.45) is 6.04. The molecule has 1 unspecified atom stereocenters. The smallest absolute Gasteiger partial charge is 0.331 e. The van der Waals surface area contributed by atoms with Gasteiger partial charge in [-0.25, -0.2) is 13.7 Å². The van der Waals surface area contributed by atoms with Crippen LogP contribution in [-0.2, 0) is 35.6 Å². The van der Waals surface area contributed by atoms with Crippen molar-refractivity contribution < 1.29 is 18.5 Å². The van der Waals surface area contributed by atoms with Gasteiger partial charge in [0.25, 0.3) is 5.91 Å². The van der Waals surface area contributed by atoms with Gasteiger partial charge in [-0.05, 0) is 79.0 Å². The molecule has 1 heterocycles. The Kier molecular flexibility index (Phi) is 4.13. The van der Waals surface area contributed by atoms with E-state index in [1.807, 2.05) is 0 Å². The molecular formula is C21H21N3O4S. The molecule has 2 aromatic carbocycles. The lowest BCUT2D eigenvalue weighted by atomic mass is 9.99. The number of ether oxygens (including phenoxy) is 1. The van der Waals surface area contributed by atoms with Gasteiger partial charge in [0.15, 0.2) is 9.92 Å². The maximum atomic E-state index is 13.3. The average Bonchev–Trinajstić information content (AvgIpc) is 3.40. The Balaban J connectivity index is 1.47. The number of anilines is 1. The minimum atomic E-state index is -3.41. The van der Waals surface area contributed by atoms with Crippen LogP contribution in [-0.4, -0.2) is 23.3 Å². The second-order valence-electron chi connectivity index (χ2n) is 7.57. The van der Waals surface area contributed by atoms with E-state index in [9.17, 15) is 13.8 Å². The first-order chi connectivity index (χ1) is 14.0. The van der Waals surface area contributed by atoms with E-state index in [2.05, 4.69) is 20.5 Å². The Morgan fingerprint density at radius 2 is 1.76 bits per heavy atom. The van der Waals surface area contributed by atoms with Crippen LogP contribution in [0, 0.1) is 0 Å². The second-order valence-corrected chi connectivity index (χ2v) is 9.45. The number of nitrogens with zero attached hydrogens (tertiary/aromatic N) is 1. The third-order valence-electron chi connectivity index (χ3n) is 5.87. The molecule has 5 rings (SSSR count). The third kappa shape index (κ3) is 2.90. The first kappa shape index (κ1) is 18.2. The first-order valence-corrected chi connectivity index (χ1v) is 11.2. The van der Waals surface area contributed by atoms with Crippen LogP contribution >= 0.6 is 0 Å². The molecule has 0 bridgehead atoms. The van der Waals surface area contributed by atoms with Crippen molar-refractivity contribution in [1.82, 2.24) is 4.72 Å². The molecule has 0 saturated carbocycles. The zero-order valence-corrected chi connectivity index (χ0v) is 16.9. The number of carbonyl (C=O) groups excluding carboxylic acids is 2. The summed E-state index contributed by atoms with van der Waals surface area (Å²) in [5, 5.41) is 2.94. The Labute approximate surface area is 169 Å². The number of amides is 3. The van der Waals surface area contributed by atoms with E-state index < -0.39 is 21.9 Å². The van der Waals surface area contributed by atoms with E-state index in [1.54, 1.807) is 6.07 Å². The van der Waals surface area contributed by atoms with Crippen molar-refractivity contribution in [1.29, 1.82) is 0 Å². The highest BCUT2D eigenvalue weighted by molar-refractivity contribution is 7.93. The van der Waals surface area contributed by atoms with Crippen molar-refractivity contribution in [3.8, 4) is 5.75 Å². The fourth-order valence-electron chi connectivity index (χ4n) is 4.56. The first-order valence-electron chi connectivity index (χ1n) is 9.73. The molecule has 0 saturated heterocycles. The summed E-state index contributed by atoms with van der Waals surface area (Å²) >= 11 is 0. The van der Waals surface area contributed by atoms with Crippen LogP contribution in [0.25, 0.3) is 0 Å². The fraction of sp³-hybridized carbons (Fsp3) is 0.333. The molecule has 0 spiro atoms. The molecule has 1 aliphatic heterocycles. The van der Waals surface area contributed by atoms with E-state index in [0.29, 0.717) is 5.75 Å². The average molecular weight is 411 g/mol. The van der Waals surface area contributed by atoms with Crippen LogP contribution in [0.1, 0.15) is 45.5 Å². The molecule has 150 valence electrons. The molecule has 2 aliphatic carbocycles. The van der Waals surface area contributed by atoms with Gasteiger partial charge in [-0.3, -0.25) is 4.79 Å². The molecule has 7 nitrogen and oxygen atoms in total. The number of fused-ring (bicyclic) bond motifs is 3.